The summed E-state index contributed by atoms with van der Waals surface area (Å²) >= 11 is 1.48. The molecule has 1 saturated heterocycles. The van der Waals surface area contributed by atoms with E-state index >= 15 is 0 Å². The first-order valence-electron chi connectivity index (χ1n) is 9.04. The predicted molar refractivity (Wildman–Crippen MR) is 109 cm³/mol. The smallest absolute Gasteiger partial charge is 0.444 e. The van der Waals surface area contributed by atoms with E-state index in [-0.39, 0.29) is 13.2 Å². The number of hydrogen-bond acceptors (Lipinski definition) is 6. The summed E-state index contributed by atoms with van der Waals surface area (Å²) < 4.78 is 17.6. The molecular weight excluding hydrogens is 365 g/mol. The Labute approximate surface area is 166 Å². The van der Waals surface area contributed by atoms with E-state index in [1.54, 1.807) is 0 Å². The van der Waals surface area contributed by atoms with Crippen LogP contribution in [0.4, 0.5) is 4.79 Å². The van der Waals surface area contributed by atoms with Crippen LogP contribution >= 0.6 is 11.3 Å². The lowest BCUT2D eigenvalue weighted by Crippen LogP contribution is -2.41. The lowest BCUT2D eigenvalue weighted by atomic mass is 9.77. The number of ether oxygens (including phenoxy) is 1. The predicted octanol–water partition coefficient (Wildman–Crippen LogP) is 3.78. The molecule has 2 N–H and O–H groups in total. The molecule has 0 spiro atoms. The quantitative estimate of drug-likeness (QED) is 0.742. The summed E-state index contributed by atoms with van der Waals surface area (Å²) in [6.45, 7) is 13.6. The number of thiophene rings is 1. The SMILES string of the molecule is CC(C)(C)OC(=O)NCC(=Cc1csc(CO)c1)B1OC(C)(C)C(C)(C)O1. The number of hydrogen-bond donors (Lipinski definition) is 2. The minimum absolute atomic E-state index is 0.000485. The Hall–Kier alpha value is -1.35. The molecule has 1 aromatic rings. The monoisotopic (exact) mass is 395 g/mol. The second-order valence-electron chi connectivity index (χ2n) is 8.67. The molecule has 1 aliphatic heterocycles. The summed E-state index contributed by atoms with van der Waals surface area (Å²) in [5, 5.41) is 14.0. The molecule has 1 fully saturated rings. The lowest BCUT2D eigenvalue weighted by molar-refractivity contribution is 0.00578. The van der Waals surface area contributed by atoms with E-state index in [2.05, 4.69) is 5.32 Å². The molecule has 0 aliphatic carbocycles. The van der Waals surface area contributed by atoms with E-state index in [9.17, 15) is 9.90 Å². The van der Waals surface area contributed by atoms with Crippen molar-refractivity contribution in [2.45, 2.75) is 71.9 Å². The molecule has 0 unspecified atom stereocenters. The van der Waals surface area contributed by atoms with Crippen LogP contribution in [-0.4, -0.2) is 41.7 Å². The van der Waals surface area contributed by atoms with Gasteiger partial charge in [0.1, 0.15) is 5.60 Å². The van der Waals surface area contributed by atoms with Gasteiger partial charge in [-0.15, -0.1) is 11.3 Å². The first-order chi connectivity index (χ1) is 12.3. The van der Waals surface area contributed by atoms with Crippen molar-refractivity contribution in [3.8, 4) is 0 Å². The van der Waals surface area contributed by atoms with E-state index < -0.39 is 30.0 Å². The average molecular weight is 395 g/mol. The third-order valence-electron chi connectivity index (χ3n) is 4.57. The van der Waals surface area contributed by atoms with Gasteiger partial charge < -0.3 is 24.5 Å². The molecule has 0 bridgehead atoms. The summed E-state index contributed by atoms with van der Waals surface area (Å²) in [6, 6.07) is 1.91. The van der Waals surface area contributed by atoms with Crippen LogP contribution in [-0.2, 0) is 20.7 Å². The molecule has 150 valence electrons. The molecule has 1 aromatic heterocycles. The number of nitrogens with one attached hydrogen (secondary N) is 1. The van der Waals surface area contributed by atoms with Crippen molar-refractivity contribution < 1.29 is 23.9 Å². The fourth-order valence-corrected chi connectivity index (χ4v) is 3.16. The van der Waals surface area contributed by atoms with Gasteiger partial charge in [-0.05, 0) is 70.9 Å². The minimum atomic E-state index is -0.581. The van der Waals surface area contributed by atoms with Crippen molar-refractivity contribution in [2.75, 3.05) is 6.54 Å². The molecule has 6 nitrogen and oxygen atoms in total. The molecule has 1 aliphatic rings. The molecular formula is C19H30BNO5S. The molecule has 0 atom stereocenters. The van der Waals surface area contributed by atoms with E-state index in [0.29, 0.717) is 0 Å². The zero-order valence-corrected chi connectivity index (χ0v) is 18.0. The van der Waals surface area contributed by atoms with Crippen molar-refractivity contribution in [1.82, 2.24) is 5.32 Å². The molecule has 1 amide bonds. The van der Waals surface area contributed by atoms with Crippen molar-refractivity contribution >= 4 is 30.6 Å². The van der Waals surface area contributed by atoms with Crippen LogP contribution in [0.25, 0.3) is 6.08 Å². The highest BCUT2D eigenvalue weighted by molar-refractivity contribution is 7.10. The van der Waals surface area contributed by atoms with Gasteiger partial charge in [-0.1, -0.05) is 6.08 Å². The van der Waals surface area contributed by atoms with E-state index in [1.807, 2.05) is 66.0 Å². The van der Waals surface area contributed by atoms with Gasteiger partial charge in [0.2, 0.25) is 0 Å². The zero-order valence-electron chi connectivity index (χ0n) is 17.2. The van der Waals surface area contributed by atoms with Crippen molar-refractivity contribution in [3.05, 3.63) is 27.4 Å². The summed E-state index contributed by atoms with van der Waals surface area (Å²) in [5.41, 5.74) is 0.185. The Morgan fingerprint density at radius 1 is 1.30 bits per heavy atom. The van der Waals surface area contributed by atoms with Crippen molar-refractivity contribution in [2.24, 2.45) is 0 Å². The summed E-state index contributed by atoms with van der Waals surface area (Å²) in [4.78, 5) is 12.9. The van der Waals surface area contributed by atoms with Gasteiger partial charge in [0.25, 0.3) is 0 Å². The first kappa shape index (κ1) is 21.9. The molecule has 8 heteroatoms. The Morgan fingerprint density at radius 3 is 2.37 bits per heavy atom. The number of carbonyl (C=O) groups excluding carboxylic acids is 1. The normalized spacial score (nSPS) is 19.3. The van der Waals surface area contributed by atoms with Crippen LogP contribution in [0.3, 0.4) is 0 Å². The highest BCUT2D eigenvalue weighted by Gasteiger charge is 2.52. The number of carbonyl (C=O) groups is 1. The van der Waals surface area contributed by atoms with Crippen LogP contribution in [0.15, 0.2) is 16.9 Å². The minimum Gasteiger partial charge on any atom is -0.444 e. The van der Waals surface area contributed by atoms with Gasteiger partial charge >= 0.3 is 13.2 Å². The number of alkyl carbamates (subject to hydrolysis) is 1. The van der Waals surface area contributed by atoms with Gasteiger partial charge in [0.05, 0.1) is 17.8 Å². The maximum absolute atomic E-state index is 12.1. The van der Waals surface area contributed by atoms with Crippen molar-refractivity contribution in [3.63, 3.8) is 0 Å². The summed E-state index contributed by atoms with van der Waals surface area (Å²) in [7, 11) is -0.581. The number of rotatable bonds is 5. The molecule has 2 heterocycles. The van der Waals surface area contributed by atoms with Crippen LogP contribution in [0.2, 0.25) is 0 Å². The Morgan fingerprint density at radius 2 is 1.89 bits per heavy atom. The van der Waals surface area contributed by atoms with Crippen LogP contribution in [0.5, 0.6) is 0 Å². The van der Waals surface area contributed by atoms with Gasteiger partial charge in [0, 0.05) is 11.4 Å². The average Bonchev–Trinajstić information content (AvgIpc) is 3.03. The maximum Gasteiger partial charge on any atom is 0.492 e. The van der Waals surface area contributed by atoms with E-state index in [0.717, 1.165) is 15.9 Å². The third-order valence-corrected chi connectivity index (χ3v) is 5.51. The lowest BCUT2D eigenvalue weighted by Gasteiger charge is -2.32. The van der Waals surface area contributed by atoms with Crippen LogP contribution in [0.1, 0.15) is 58.9 Å². The van der Waals surface area contributed by atoms with Gasteiger partial charge in [-0.2, -0.15) is 0 Å². The second kappa shape index (κ2) is 7.95. The second-order valence-corrected chi connectivity index (χ2v) is 9.66. The molecule has 0 saturated carbocycles. The maximum atomic E-state index is 12.1. The first-order valence-corrected chi connectivity index (χ1v) is 9.92. The summed E-state index contributed by atoms with van der Waals surface area (Å²) in [5.74, 6) is 0. The number of aliphatic hydroxyl groups is 1. The molecule has 2 rings (SSSR count). The number of amides is 1. The summed E-state index contributed by atoms with van der Waals surface area (Å²) in [6.07, 6.45) is 1.43. The highest BCUT2D eigenvalue weighted by Crippen LogP contribution is 2.38. The Bertz CT molecular complexity index is 689. The third kappa shape index (κ3) is 5.81. The van der Waals surface area contributed by atoms with Gasteiger partial charge in [0.15, 0.2) is 0 Å². The van der Waals surface area contributed by atoms with E-state index in [1.165, 1.54) is 11.3 Å². The van der Waals surface area contributed by atoms with Crippen LogP contribution in [0, 0.1) is 0 Å². The van der Waals surface area contributed by atoms with Gasteiger partial charge in [-0.25, -0.2) is 4.79 Å². The standard InChI is InChI=1S/C19H30BNO5S/c1-17(2,3)24-16(23)21-10-14(8-13-9-15(11-22)27-12-13)20-25-18(4,5)19(6,7)26-20/h8-9,12,22H,10-11H2,1-7H3,(H,21,23). The Kier molecular flexibility index (Phi) is 6.46. The van der Waals surface area contributed by atoms with Crippen molar-refractivity contribution in [1.29, 1.82) is 0 Å². The Balaban J connectivity index is 2.20. The fraction of sp³-hybridized carbons (Fsp3) is 0.632. The molecule has 0 radical (unpaired) electrons. The highest BCUT2D eigenvalue weighted by atomic mass is 32.1. The van der Waals surface area contributed by atoms with E-state index in [4.69, 9.17) is 14.0 Å². The molecule has 0 aromatic carbocycles. The topological polar surface area (TPSA) is 77.0 Å². The fourth-order valence-electron chi connectivity index (χ4n) is 2.46. The zero-order chi connectivity index (χ0) is 20.5. The largest absolute Gasteiger partial charge is 0.492 e. The molecule has 27 heavy (non-hydrogen) atoms. The number of aliphatic hydroxyl groups excluding tert-OH is 1. The van der Waals surface area contributed by atoms with Crippen LogP contribution < -0.4 is 5.32 Å². The van der Waals surface area contributed by atoms with Gasteiger partial charge in [-0.3, -0.25) is 0 Å².